The van der Waals surface area contributed by atoms with Crippen LogP contribution in [0.2, 0.25) is 5.02 Å². The smallest absolute Gasteiger partial charge is 0.207 e. The third-order valence-electron chi connectivity index (χ3n) is 2.25. The third-order valence-corrected chi connectivity index (χ3v) is 3.29. The lowest BCUT2D eigenvalue weighted by molar-refractivity contribution is 1.02. The van der Waals surface area contributed by atoms with Gasteiger partial charge >= 0.3 is 0 Å². The van der Waals surface area contributed by atoms with Crippen LogP contribution in [0.4, 0.5) is 10.8 Å². The molecule has 0 amide bonds. The van der Waals surface area contributed by atoms with E-state index in [1.165, 1.54) is 11.5 Å². The number of hydrogen-bond acceptors (Lipinski definition) is 4. The fourth-order valence-corrected chi connectivity index (χ4v) is 2.56. The van der Waals surface area contributed by atoms with Crippen molar-refractivity contribution in [2.75, 3.05) is 5.32 Å². The molecule has 0 aliphatic heterocycles. The predicted octanol–water partition coefficient (Wildman–Crippen LogP) is 3.50. The Bertz CT molecular complexity index is 641. The van der Waals surface area contributed by atoms with Crippen molar-refractivity contribution in [1.29, 1.82) is 0 Å². The monoisotopic (exact) mass is 264 g/mol. The molecule has 0 bridgehead atoms. The van der Waals surface area contributed by atoms with Gasteiger partial charge in [0.15, 0.2) is 5.65 Å². The second kappa shape index (κ2) is 4.01. The van der Waals surface area contributed by atoms with Crippen molar-refractivity contribution < 1.29 is 0 Å². The Kier molecular flexibility index (Phi) is 2.49. The summed E-state index contributed by atoms with van der Waals surface area (Å²) >= 11 is 7.37. The highest BCUT2D eigenvalue weighted by atomic mass is 35.5. The molecule has 3 rings (SSSR count). The number of nitrogens with zero attached hydrogens (tertiary/aromatic N) is 3. The van der Waals surface area contributed by atoms with E-state index < -0.39 is 0 Å². The van der Waals surface area contributed by atoms with Crippen molar-refractivity contribution in [3.8, 4) is 0 Å². The summed E-state index contributed by atoms with van der Waals surface area (Å²) in [5.41, 5.74) is 2.75. The zero-order valence-corrected chi connectivity index (χ0v) is 10.6. The summed E-state index contributed by atoms with van der Waals surface area (Å²) in [5, 5.41) is 9.00. The van der Waals surface area contributed by atoms with Gasteiger partial charge in [-0.15, -0.1) is 0 Å². The van der Waals surface area contributed by atoms with Gasteiger partial charge in [-0.3, -0.25) is 0 Å². The van der Waals surface area contributed by atoms with Gasteiger partial charge in [-0.2, -0.15) is 14.0 Å². The topological polar surface area (TPSA) is 42.2 Å². The normalized spacial score (nSPS) is 10.9. The molecule has 0 saturated heterocycles. The molecule has 3 aromatic rings. The highest BCUT2D eigenvalue weighted by molar-refractivity contribution is 7.10. The van der Waals surface area contributed by atoms with Crippen molar-refractivity contribution >= 4 is 39.6 Å². The van der Waals surface area contributed by atoms with Crippen LogP contribution < -0.4 is 5.32 Å². The van der Waals surface area contributed by atoms with E-state index in [0.29, 0.717) is 5.02 Å². The molecular weight excluding hydrogens is 256 g/mol. The minimum atomic E-state index is 0.701. The van der Waals surface area contributed by atoms with Crippen LogP contribution in [0.15, 0.2) is 30.3 Å². The lowest BCUT2D eigenvalue weighted by atomic mass is 10.3. The highest BCUT2D eigenvalue weighted by Crippen LogP contribution is 2.23. The summed E-state index contributed by atoms with van der Waals surface area (Å²) in [5.74, 6) is 0. The van der Waals surface area contributed by atoms with Crippen LogP contribution in [0.5, 0.6) is 0 Å². The van der Waals surface area contributed by atoms with Crippen molar-refractivity contribution in [3.05, 3.63) is 41.0 Å². The molecular formula is C11H9ClN4S. The summed E-state index contributed by atoms with van der Waals surface area (Å²) < 4.78 is 1.79. The number of anilines is 2. The van der Waals surface area contributed by atoms with Crippen LogP contribution in [0.1, 0.15) is 5.69 Å². The van der Waals surface area contributed by atoms with E-state index in [0.717, 1.165) is 22.2 Å². The molecule has 0 radical (unpaired) electrons. The second-order valence-corrected chi connectivity index (χ2v) is 5.01. The Morgan fingerprint density at radius 2 is 2.24 bits per heavy atom. The number of nitrogens with one attached hydrogen (secondary N) is 1. The van der Waals surface area contributed by atoms with Gasteiger partial charge in [-0.25, -0.2) is 0 Å². The average molecular weight is 265 g/mol. The Morgan fingerprint density at radius 1 is 1.35 bits per heavy atom. The van der Waals surface area contributed by atoms with E-state index in [4.69, 9.17) is 11.6 Å². The van der Waals surface area contributed by atoms with E-state index in [1.807, 2.05) is 37.3 Å². The lowest BCUT2D eigenvalue weighted by Gasteiger charge is -2.01. The molecule has 2 heterocycles. The third kappa shape index (κ3) is 2.11. The molecule has 0 fully saturated rings. The number of rotatable bonds is 2. The van der Waals surface area contributed by atoms with Gasteiger partial charge in [0.05, 0.1) is 5.69 Å². The first-order valence-electron chi connectivity index (χ1n) is 5.07. The first-order valence-corrected chi connectivity index (χ1v) is 6.22. The zero-order chi connectivity index (χ0) is 11.8. The van der Waals surface area contributed by atoms with Gasteiger partial charge in [0.2, 0.25) is 5.13 Å². The first kappa shape index (κ1) is 10.6. The van der Waals surface area contributed by atoms with Crippen molar-refractivity contribution in [1.82, 2.24) is 14.0 Å². The number of aryl methyl sites for hydroxylation is 1. The minimum Gasteiger partial charge on any atom is -0.330 e. The molecule has 0 unspecified atom stereocenters. The molecule has 1 aromatic carbocycles. The van der Waals surface area contributed by atoms with Crippen LogP contribution >= 0.6 is 23.1 Å². The first-order chi connectivity index (χ1) is 8.20. The van der Waals surface area contributed by atoms with Gasteiger partial charge < -0.3 is 5.32 Å². The van der Waals surface area contributed by atoms with Gasteiger partial charge in [-0.1, -0.05) is 17.7 Å². The number of fused-ring (bicyclic) bond motifs is 1. The number of hydrogen-bond donors (Lipinski definition) is 1. The Labute approximate surface area is 107 Å². The van der Waals surface area contributed by atoms with Crippen LogP contribution in [-0.2, 0) is 0 Å². The minimum absolute atomic E-state index is 0.701. The number of benzene rings is 1. The molecule has 1 N–H and O–H groups in total. The number of halogens is 1. The summed E-state index contributed by atoms with van der Waals surface area (Å²) in [6.07, 6.45) is 0. The summed E-state index contributed by atoms with van der Waals surface area (Å²) in [7, 11) is 0. The Hall–Kier alpha value is -1.59. The predicted molar refractivity (Wildman–Crippen MR) is 70.3 cm³/mol. The van der Waals surface area contributed by atoms with Crippen molar-refractivity contribution in [2.45, 2.75) is 6.92 Å². The molecule has 2 aromatic heterocycles. The average Bonchev–Trinajstić information content (AvgIpc) is 2.74. The van der Waals surface area contributed by atoms with Crippen molar-refractivity contribution in [3.63, 3.8) is 0 Å². The van der Waals surface area contributed by atoms with E-state index >= 15 is 0 Å². The molecule has 17 heavy (non-hydrogen) atoms. The largest absolute Gasteiger partial charge is 0.330 e. The fourth-order valence-electron chi connectivity index (χ4n) is 1.55. The quantitative estimate of drug-likeness (QED) is 0.770. The van der Waals surface area contributed by atoms with Crippen LogP contribution in [0.25, 0.3) is 5.65 Å². The SMILES string of the molecule is Cc1cc2nc(Nc3cccc(Cl)c3)sn2n1. The molecule has 6 heteroatoms. The Morgan fingerprint density at radius 3 is 3.00 bits per heavy atom. The van der Waals surface area contributed by atoms with Gasteiger partial charge in [-0.05, 0) is 25.1 Å². The highest BCUT2D eigenvalue weighted by Gasteiger charge is 2.06. The van der Waals surface area contributed by atoms with Crippen LogP contribution in [-0.4, -0.2) is 14.0 Å². The Balaban J connectivity index is 1.91. The molecule has 4 nitrogen and oxygen atoms in total. The van der Waals surface area contributed by atoms with E-state index in [-0.39, 0.29) is 0 Å². The second-order valence-electron chi connectivity index (χ2n) is 3.66. The molecule has 0 saturated carbocycles. The zero-order valence-electron chi connectivity index (χ0n) is 9.01. The molecule has 86 valence electrons. The van der Waals surface area contributed by atoms with Gasteiger partial charge in [0.25, 0.3) is 0 Å². The summed E-state index contributed by atoms with van der Waals surface area (Å²) in [6.45, 7) is 1.95. The molecule has 0 spiro atoms. The standard InChI is InChI=1S/C11H9ClN4S/c1-7-5-10-14-11(17-16(10)15-7)13-9-4-2-3-8(12)6-9/h2-6H,1H3,(H,13,14). The van der Waals surface area contributed by atoms with Crippen LogP contribution in [0, 0.1) is 6.92 Å². The van der Waals surface area contributed by atoms with E-state index in [2.05, 4.69) is 15.4 Å². The van der Waals surface area contributed by atoms with E-state index in [1.54, 1.807) is 3.90 Å². The molecule has 0 aliphatic carbocycles. The number of aromatic nitrogens is 3. The summed E-state index contributed by atoms with van der Waals surface area (Å²) in [4.78, 5) is 4.42. The lowest BCUT2D eigenvalue weighted by Crippen LogP contribution is -1.88. The maximum atomic E-state index is 5.91. The van der Waals surface area contributed by atoms with Crippen molar-refractivity contribution in [2.24, 2.45) is 0 Å². The maximum Gasteiger partial charge on any atom is 0.207 e. The van der Waals surface area contributed by atoms with Gasteiger partial charge in [0.1, 0.15) is 0 Å². The van der Waals surface area contributed by atoms with E-state index in [9.17, 15) is 0 Å². The molecule has 0 aliphatic rings. The maximum absolute atomic E-state index is 5.91. The van der Waals surface area contributed by atoms with Gasteiger partial charge in [0, 0.05) is 28.3 Å². The van der Waals surface area contributed by atoms with Crippen LogP contribution in [0.3, 0.4) is 0 Å². The molecule has 0 atom stereocenters. The summed E-state index contributed by atoms with van der Waals surface area (Å²) in [6, 6.07) is 9.48. The fraction of sp³-hybridized carbons (Fsp3) is 0.0909.